The lowest BCUT2D eigenvalue weighted by atomic mass is 10.0. The van der Waals surface area contributed by atoms with Gasteiger partial charge < -0.3 is 10.6 Å². The summed E-state index contributed by atoms with van der Waals surface area (Å²) in [4.78, 5) is 13.3. The molecule has 0 aliphatic carbocycles. The van der Waals surface area contributed by atoms with E-state index in [2.05, 4.69) is 10.6 Å². The molecule has 0 spiro atoms. The van der Waals surface area contributed by atoms with E-state index in [9.17, 15) is 9.18 Å². The molecule has 0 bridgehead atoms. The summed E-state index contributed by atoms with van der Waals surface area (Å²) < 4.78 is 14.2. The van der Waals surface area contributed by atoms with E-state index in [1.54, 1.807) is 12.1 Å². The van der Waals surface area contributed by atoms with Crippen LogP contribution in [0.5, 0.6) is 0 Å². The molecule has 1 aromatic heterocycles. The Morgan fingerprint density at radius 2 is 1.96 bits per heavy atom. The van der Waals surface area contributed by atoms with Crippen LogP contribution < -0.4 is 10.6 Å². The summed E-state index contributed by atoms with van der Waals surface area (Å²) in [5.41, 5.74) is 3.75. The van der Waals surface area contributed by atoms with Crippen LogP contribution in [0.4, 0.5) is 10.1 Å². The Kier molecular flexibility index (Phi) is 3.58. The van der Waals surface area contributed by atoms with Gasteiger partial charge in [-0.25, -0.2) is 4.39 Å². The maximum absolute atomic E-state index is 14.2. The van der Waals surface area contributed by atoms with Crippen molar-refractivity contribution in [2.24, 2.45) is 0 Å². The molecule has 1 atom stereocenters. The van der Waals surface area contributed by atoms with Crippen molar-refractivity contribution in [1.82, 2.24) is 5.32 Å². The van der Waals surface area contributed by atoms with Crippen molar-refractivity contribution in [3.05, 3.63) is 76.4 Å². The van der Waals surface area contributed by atoms with Crippen molar-refractivity contribution in [2.45, 2.75) is 13.1 Å². The van der Waals surface area contributed by atoms with Crippen LogP contribution in [-0.4, -0.2) is 5.91 Å². The number of nitrogens with one attached hydrogen (secondary N) is 2. The summed E-state index contributed by atoms with van der Waals surface area (Å²) in [5, 5.41) is 8.20. The van der Waals surface area contributed by atoms with Gasteiger partial charge >= 0.3 is 0 Å². The molecule has 2 aromatic carbocycles. The summed E-state index contributed by atoms with van der Waals surface area (Å²) in [5.74, 6) is -0.381. The van der Waals surface area contributed by atoms with E-state index in [0.717, 1.165) is 21.7 Å². The number of thiophene rings is 1. The molecule has 5 heteroatoms. The highest BCUT2D eigenvalue weighted by molar-refractivity contribution is 7.13. The van der Waals surface area contributed by atoms with Crippen molar-refractivity contribution < 1.29 is 9.18 Å². The van der Waals surface area contributed by atoms with Gasteiger partial charge in [-0.15, -0.1) is 11.3 Å². The Labute approximate surface area is 143 Å². The Morgan fingerprint density at radius 3 is 2.75 bits per heavy atom. The number of hydrogen-bond donors (Lipinski definition) is 2. The predicted molar refractivity (Wildman–Crippen MR) is 94.7 cm³/mol. The molecule has 0 saturated heterocycles. The molecule has 3 aromatic rings. The van der Waals surface area contributed by atoms with Gasteiger partial charge in [0.1, 0.15) is 12.0 Å². The van der Waals surface area contributed by atoms with Gasteiger partial charge in [0.25, 0.3) is 5.91 Å². The van der Waals surface area contributed by atoms with Gasteiger partial charge in [-0.1, -0.05) is 24.3 Å². The molecular formula is C19H15FN2OS. The Bertz CT molecular complexity index is 921. The van der Waals surface area contributed by atoms with Gasteiger partial charge in [-0.3, -0.25) is 4.79 Å². The molecule has 1 amide bonds. The van der Waals surface area contributed by atoms with Crippen LogP contribution in [-0.2, 0) is 0 Å². The number of hydrogen-bond acceptors (Lipinski definition) is 3. The highest BCUT2D eigenvalue weighted by atomic mass is 32.1. The van der Waals surface area contributed by atoms with Crippen LogP contribution in [0.3, 0.4) is 0 Å². The zero-order chi connectivity index (χ0) is 16.7. The second kappa shape index (κ2) is 5.76. The van der Waals surface area contributed by atoms with Crippen LogP contribution in [0.2, 0.25) is 0 Å². The topological polar surface area (TPSA) is 41.1 Å². The molecule has 0 fully saturated rings. The maximum atomic E-state index is 14.2. The van der Waals surface area contributed by atoms with Gasteiger partial charge in [0.15, 0.2) is 0 Å². The van der Waals surface area contributed by atoms with E-state index >= 15 is 0 Å². The van der Waals surface area contributed by atoms with Crippen LogP contribution in [0.25, 0.3) is 10.4 Å². The average Bonchev–Trinajstić information content (AvgIpc) is 3.09. The summed E-state index contributed by atoms with van der Waals surface area (Å²) in [6.45, 7) is 1.91. The van der Waals surface area contributed by atoms with Gasteiger partial charge in [0, 0.05) is 16.1 Å². The monoisotopic (exact) mass is 338 g/mol. The number of fused-ring (bicyclic) bond motifs is 1. The molecule has 3 nitrogen and oxygen atoms in total. The Morgan fingerprint density at radius 1 is 1.08 bits per heavy atom. The molecule has 120 valence electrons. The van der Waals surface area contributed by atoms with Gasteiger partial charge in [-0.2, -0.15) is 0 Å². The smallest absolute Gasteiger partial charge is 0.255 e. The fraction of sp³-hybridized carbons (Fsp3) is 0.105. The van der Waals surface area contributed by atoms with Crippen molar-refractivity contribution in [3.8, 4) is 10.4 Å². The van der Waals surface area contributed by atoms with Gasteiger partial charge in [0.05, 0.1) is 5.56 Å². The zero-order valence-electron chi connectivity index (χ0n) is 13.0. The third kappa shape index (κ3) is 2.47. The molecule has 2 N–H and O–H groups in total. The number of anilines is 1. The summed E-state index contributed by atoms with van der Waals surface area (Å²) in [6.07, 6.45) is -0.383. The number of amides is 1. The summed E-state index contributed by atoms with van der Waals surface area (Å²) in [6, 6.07) is 14.4. The molecule has 2 heterocycles. The lowest BCUT2D eigenvalue weighted by Crippen LogP contribution is -2.38. The maximum Gasteiger partial charge on any atom is 0.255 e. The first kappa shape index (κ1) is 14.9. The molecule has 1 aliphatic rings. The van der Waals surface area contributed by atoms with Gasteiger partial charge in [-0.05, 0) is 47.7 Å². The zero-order valence-corrected chi connectivity index (χ0v) is 13.8. The highest BCUT2D eigenvalue weighted by Crippen LogP contribution is 2.32. The van der Waals surface area contributed by atoms with E-state index in [-0.39, 0.29) is 17.9 Å². The van der Waals surface area contributed by atoms with E-state index in [0.29, 0.717) is 11.1 Å². The molecule has 4 rings (SSSR count). The van der Waals surface area contributed by atoms with E-state index < -0.39 is 0 Å². The third-order valence-electron chi connectivity index (χ3n) is 4.19. The van der Waals surface area contributed by atoms with E-state index in [4.69, 9.17) is 0 Å². The highest BCUT2D eigenvalue weighted by Gasteiger charge is 2.26. The number of rotatable bonds is 2. The van der Waals surface area contributed by atoms with Crippen molar-refractivity contribution in [1.29, 1.82) is 0 Å². The van der Waals surface area contributed by atoms with Crippen LogP contribution >= 0.6 is 11.3 Å². The number of aryl methyl sites for hydroxylation is 1. The van der Waals surface area contributed by atoms with Crippen molar-refractivity contribution in [2.75, 3.05) is 5.32 Å². The Hall–Kier alpha value is -2.66. The molecule has 0 radical (unpaired) electrons. The number of carbonyl (C=O) groups excluding carboxylic acids is 1. The largest absolute Gasteiger partial charge is 0.361 e. The van der Waals surface area contributed by atoms with Crippen molar-refractivity contribution >= 4 is 22.9 Å². The minimum absolute atomic E-state index is 0.117. The SMILES string of the molecule is Cc1cccc2c1C(=O)NC(c1ccc(F)c(-c3cccs3)c1)N2. The first-order valence-corrected chi connectivity index (χ1v) is 8.52. The minimum atomic E-state index is -0.383. The first-order valence-electron chi connectivity index (χ1n) is 7.64. The summed E-state index contributed by atoms with van der Waals surface area (Å²) in [7, 11) is 0. The fourth-order valence-electron chi connectivity index (χ4n) is 2.99. The van der Waals surface area contributed by atoms with E-state index in [1.165, 1.54) is 17.4 Å². The van der Waals surface area contributed by atoms with Crippen LogP contribution in [0.15, 0.2) is 53.9 Å². The average molecular weight is 338 g/mol. The lowest BCUT2D eigenvalue weighted by Gasteiger charge is -2.29. The second-order valence-electron chi connectivity index (χ2n) is 5.76. The fourth-order valence-corrected chi connectivity index (χ4v) is 3.74. The van der Waals surface area contributed by atoms with Crippen LogP contribution in [0, 0.1) is 12.7 Å². The van der Waals surface area contributed by atoms with Crippen LogP contribution in [0.1, 0.15) is 27.7 Å². The van der Waals surface area contributed by atoms with E-state index in [1.807, 2.05) is 42.6 Å². The number of carbonyl (C=O) groups is 1. The number of benzene rings is 2. The first-order chi connectivity index (χ1) is 11.6. The van der Waals surface area contributed by atoms with Crippen molar-refractivity contribution in [3.63, 3.8) is 0 Å². The Balaban J connectivity index is 1.73. The molecule has 1 aliphatic heterocycles. The minimum Gasteiger partial charge on any atom is -0.361 e. The quantitative estimate of drug-likeness (QED) is 0.710. The molecule has 1 unspecified atom stereocenters. The third-order valence-corrected chi connectivity index (χ3v) is 5.09. The molecule has 24 heavy (non-hydrogen) atoms. The second-order valence-corrected chi connectivity index (χ2v) is 6.71. The number of halogens is 1. The molecular weight excluding hydrogens is 323 g/mol. The van der Waals surface area contributed by atoms with Gasteiger partial charge in [0.2, 0.25) is 0 Å². The lowest BCUT2D eigenvalue weighted by molar-refractivity contribution is 0.0935. The predicted octanol–water partition coefficient (Wildman–Crippen LogP) is 4.72. The summed E-state index contributed by atoms with van der Waals surface area (Å²) >= 11 is 1.49. The standard InChI is InChI=1S/C19H15FN2OS/c1-11-4-2-5-15-17(11)19(23)22-18(21-15)12-7-8-14(20)13(10-12)16-6-3-9-24-16/h2-10,18,21H,1H3,(H,22,23). The molecule has 0 saturated carbocycles. The normalized spacial score (nSPS) is 16.2.